The van der Waals surface area contributed by atoms with Crippen LogP contribution in [0, 0.1) is 5.92 Å². The number of nitrogens with zero attached hydrogens (tertiary/aromatic N) is 4. The molecule has 1 fully saturated rings. The number of ether oxygens (including phenoxy) is 1. The summed E-state index contributed by atoms with van der Waals surface area (Å²) < 4.78 is 5.56. The van der Waals surface area contributed by atoms with Crippen LogP contribution >= 0.6 is 0 Å². The third-order valence-electron chi connectivity index (χ3n) is 6.05. The maximum Gasteiger partial charge on any atom is 0.127 e. The number of anilines is 3. The number of para-hydroxylation sites is 1. The molecule has 1 N–H and O–H groups in total. The van der Waals surface area contributed by atoms with E-state index in [-0.39, 0.29) is 6.17 Å². The maximum atomic E-state index is 5.56. The lowest BCUT2D eigenvalue weighted by Crippen LogP contribution is -2.46. The molecule has 6 heteroatoms. The van der Waals surface area contributed by atoms with Gasteiger partial charge in [-0.3, -0.25) is 9.98 Å². The minimum absolute atomic E-state index is 0.142. The summed E-state index contributed by atoms with van der Waals surface area (Å²) in [6, 6.07) is 6.91. The van der Waals surface area contributed by atoms with E-state index in [0.717, 1.165) is 52.2 Å². The van der Waals surface area contributed by atoms with Crippen LogP contribution < -0.4 is 15.1 Å². The number of hydrogen-bond donors (Lipinski definition) is 1. The minimum Gasteiger partial charge on any atom is -0.378 e. The van der Waals surface area contributed by atoms with Gasteiger partial charge >= 0.3 is 0 Å². The van der Waals surface area contributed by atoms with E-state index < -0.39 is 0 Å². The molecule has 3 unspecified atom stereocenters. The molecule has 4 aliphatic rings. The number of morpholine rings is 1. The van der Waals surface area contributed by atoms with Crippen molar-refractivity contribution in [3.63, 3.8) is 0 Å². The summed E-state index contributed by atoms with van der Waals surface area (Å²) in [5, 5.41) is 3.59. The zero-order valence-electron chi connectivity index (χ0n) is 15.6. The number of hydrogen-bond acceptors (Lipinski definition) is 6. The van der Waals surface area contributed by atoms with Crippen molar-refractivity contribution >= 4 is 29.5 Å². The van der Waals surface area contributed by atoms with Gasteiger partial charge in [-0.25, -0.2) is 0 Å². The zero-order valence-corrected chi connectivity index (χ0v) is 15.6. The van der Waals surface area contributed by atoms with Gasteiger partial charge < -0.3 is 19.9 Å². The summed E-state index contributed by atoms with van der Waals surface area (Å²) in [7, 11) is 0. The highest BCUT2D eigenvalue weighted by molar-refractivity contribution is 5.88. The fraction of sp³-hybridized carbons (Fsp3) is 0.524. The van der Waals surface area contributed by atoms with Gasteiger partial charge in [0.05, 0.1) is 43.0 Å². The summed E-state index contributed by atoms with van der Waals surface area (Å²) in [6.07, 6.45) is 11.7. The van der Waals surface area contributed by atoms with Gasteiger partial charge in [-0.2, -0.15) is 0 Å². The zero-order chi connectivity index (χ0) is 18.1. The van der Waals surface area contributed by atoms with Crippen molar-refractivity contribution in [3.8, 4) is 0 Å². The third kappa shape index (κ3) is 3.12. The van der Waals surface area contributed by atoms with Crippen molar-refractivity contribution in [3.05, 3.63) is 30.4 Å². The quantitative estimate of drug-likeness (QED) is 0.895. The fourth-order valence-corrected chi connectivity index (χ4v) is 4.71. The van der Waals surface area contributed by atoms with Crippen molar-refractivity contribution in [2.24, 2.45) is 15.9 Å². The Bertz CT molecular complexity index is 768. The Balaban J connectivity index is 1.48. The predicted molar refractivity (Wildman–Crippen MR) is 111 cm³/mol. The monoisotopic (exact) mass is 365 g/mol. The average Bonchev–Trinajstić information content (AvgIpc) is 3.19. The summed E-state index contributed by atoms with van der Waals surface area (Å²) in [6.45, 7) is 4.29. The molecule has 1 saturated heterocycles. The summed E-state index contributed by atoms with van der Waals surface area (Å²) in [4.78, 5) is 14.7. The van der Waals surface area contributed by atoms with Gasteiger partial charge in [-0.05, 0) is 37.5 Å². The van der Waals surface area contributed by atoms with Gasteiger partial charge in [0.15, 0.2) is 0 Å². The average molecular weight is 365 g/mol. The van der Waals surface area contributed by atoms with E-state index >= 15 is 0 Å². The number of allylic oxidation sites excluding steroid dienone is 1. The Morgan fingerprint density at radius 3 is 2.93 bits per heavy atom. The maximum absolute atomic E-state index is 5.56. The van der Waals surface area contributed by atoms with Gasteiger partial charge in [0.25, 0.3) is 0 Å². The molecule has 0 bridgehead atoms. The van der Waals surface area contributed by atoms with Gasteiger partial charge in [0, 0.05) is 31.4 Å². The molecule has 0 aliphatic carbocycles. The van der Waals surface area contributed by atoms with Crippen LogP contribution in [0.25, 0.3) is 0 Å². The Morgan fingerprint density at radius 1 is 1.15 bits per heavy atom. The van der Waals surface area contributed by atoms with E-state index in [1.807, 2.05) is 6.21 Å². The molecule has 27 heavy (non-hydrogen) atoms. The largest absolute Gasteiger partial charge is 0.378 e. The molecule has 0 amide bonds. The Morgan fingerprint density at radius 2 is 2.07 bits per heavy atom. The Labute approximate surface area is 160 Å². The van der Waals surface area contributed by atoms with Crippen molar-refractivity contribution in [1.29, 1.82) is 0 Å². The normalized spacial score (nSPS) is 29.7. The summed E-state index contributed by atoms with van der Waals surface area (Å²) in [5.74, 6) is 0.446. The predicted octanol–water partition coefficient (Wildman–Crippen LogP) is 2.92. The van der Waals surface area contributed by atoms with Crippen LogP contribution in [-0.4, -0.2) is 57.6 Å². The summed E-state index contributed by atoms with van der Waals surface area (Å²) in [5.41, 5.74) is 3.81. The van der Waals surface area contributed by atoms with E-state index in [1.54, 1.807) is 0 Å². The second-order valence-electron chi connectivity index (χ2n) is 7.59. The number of aliphatic imine (C=N–C) groups is 2. The molecule has 1 aromatic carbocycles. The first kappa shape index (κ1) is 16.8. The van der Waals surface area contributed by atoms with E-state index in [9.17, 15) is 0 Å². The first-order chi connectivity index (χ1) is 13.4. The highest BCUT2D eigenvalue weighted by atomic mass is 16.5. The molecule has 1 aromatic rings. The lowest BCUT2D eigenvalue weighted by Gasteiger charge is -2.39. The van der Waals surface area contributed by atoms with Crippen molar-refractivity contribution < 1.29 is 4.74 Å². The second kappa shape index (κ2) is 7.35. The Hall–Kier alpha value is -2.34. The molecule has 0 radical (unpaired) electrons. The van der Waals surface area contributed by atoms with Crippen LogP contribution in [0.5, 0.6) is 0 Å². The lowest BCUT2D eigenvalue weighted by molar-refractivity contribution is 0.122. The fourth-order valence-electron chi connectivity index (χ4n) is 4.71. The molecule has 5 rings (SSSR count). The van der Waals surface area contributed by atoms with Crippen LogP contribution in [0.2, 0.25) is 0 Å². The molecular weight excluding hydrogens is 338 g/mol. The third-order valence-corrected chi connectivity index (χ3v) is 6.05. The molecule has 4 heterocycles. The molecule has 0 saturated carbocycles. The molecule has 0 spiro atoms. The van der Waals surface area contributed by atoms with Crippen LogP contribution in [-0.2, 0) is 4.74 Å². The smallest absolute Gasteiger partial charge is 0.127 e. The highest BCUT2D eigenvalue weighted by Gasteiger charge is 2.38. The minimum atomic E-state index is 0.142. The number of fused-ring (bicyclic) bond motifs is 1. The first-order valence-electron chi connectivity index (χ1n) is 10.1. The highest BCUT2D eigenvalue weighted by Crippen LogP contribution is 2.44. The van der Waals surface area contributed by atoms with Crippen LogP contribution in [0.3, 0.4) is 0 Å². The van der Waals surface area contributed by atoms with E-state index in [4.69, 9.17) is 14.7 Å². The van der Waals surface area contributed by atoms with Gasteiger partial charge in [0.2, 0.25) is 0 Å². The second-order valence-corrected chi connectivity index (χ2v) is 7.59. The van der Waals surface area contributed by atoms with E-state index in [1.165, 1.54) is 17.1 Å². The van der Waals surface area contributed by atoms with Crippen molar-refractivity contribution in [1.82, 2.24) is 0 Å². The standard InChI is InChI=1S/C21H27N5O/c1-2-9-22-17(6-1)16-5-4-10-23-21(16)26-15-24-18-7-3-8-19(20(18)26)25-11-13-27-14-12-25/h1-3,7-10,16-17,21,24H,4-6,11-15H2. The number of benzene rings is 1. The SMILES string of the molecule is C1=CCC(C2CCC=NC2N2CNc3cccc(N4CCOCC4)c32)N=C1. The van der Waals surface area contributed by atoms with Gasteiger partial charge in [-0.15, -0.1) is 0 Å². The van der Waals surface area contributed by atoms with Crippen molar-refractivity contribution in [2.45, 2.75) is 31.5 Å². The molecule has 3 atom stereocenters. The number of rotatable bonds is 3. The van der Waals surface area contributed by atoms with Crippen LogP contribution in [0.15, 0.2) is 40.3 Å². The molecule has 0 aromatic heterocycles. The summed E-state index contributed by atoms with van der Waals surface area (Å²) >= 11 is 0. The molecule has 4 aliphatic heterocycles. The van der Waals surface area contributed by atoms with E-state index in [0.29, 0.717) is 12.0 Å². The lowest BCUT2D eigenvalue weighted by atomic mass is 9.86. The van der Waals surface area contributed by atoms with E-state index in [2.05, 4.69) is 51.7 Å². The van der Waals surface area contributed by atoms with Crippen molar-refractivity contribution in [2.75, 3.05) is 48.1 Å². The number of nitrogens with one attached hydrogen (secondary N) is 1. The molecule has 142 valence electrons. The topological polar surface area (TPSA) is 52.5 Å². The molecule has 6 nitrogen and oxygen atoms in total. The first-order valence-corrected chi connectivity index (χ1v) is 10.1. The Kier molecular flexibility index (Phi) is 4.57. The number of dihydropyridines is 1. The molecular formula is C21H27N5O. The van der Waals surface area contributed by atoms with Gasteiger partial charge in [0.1, 0.15) is 6.17 Å². The van der Waals surface area contributed by atoms with Crippen LogP contribution in [0.1, 0.15) is 19.3 Å². The van der Waals surface area contributed by atoms with Crippen LogP contribution in [0.4, 0.5) is 17.1 Å². The van der Waals surface area contributed by atoms with Gasteiger partial charge in [-0.1, -0.05) is 12.1 Å².